The summed E-state index contributed by atoms with van der Waals surface area (Å²) in [5.41, 5.74) is 0.537. The van der Waals surface area contributed by atoms with E-state index in [1.54, 1.807) is 0 Å². The van der Waals surface area contributed by atoms with Crippen molar-refractivity contribution < 1.29 is 13.0 Å². The first-order chi connectivity index (χ1) is 10.5. The van der Waals surface area contributed by atoms with Crippen LogP contribution in [0, 0.1) is 16.4 Å². The molecule has 1 aromatic heterocycles. The quantitative estimate of drug-likeness (QED) is 0.806. The Morgan fingerprint density at radius 3 is 2.09 bits per heavy atom. The third-order valence-corrected chi connectivity index (χ3v) is 4.58. The van der Waals surface area contributed by atoms with Crippen molar-refractivity contribution in [2.75, 3.05) is 0 Å². The van der Waals surface area contributed by atoms with E-state index in [-0.39, 0.29) is 10.7 Å². The third-order valence-electron chi connectivity index (χ3n) is 2.97. The zero-order valence-corrected chi connectivity index (χ0v) is 11.9. The topological polar surface area (TPSA) is 71.6 Å². The minimum absolute atomic E-state index is 0.115. The molecule has 0 fully saturated rings. The number of rotatable bonds is 3. The van der Waals surface area contributed by atoms with Gasteiger partial charge >= 0.3 is 0 Å². The predicted molar refractivity (Wildman–Crippen MR) is 76.3 cm³/mol. The van der Waals surface area contributed by atoms with Gasteiger partial charge in [0.1, 0.15) is 18.0 Å². The van der Waals surface area contributed by atoms with Crippen LogP contribution in [0.2, 0.25) is 0 Å². The Labute approximate surface area is 125 Å². The smallest absolute Gasteiger partial charge is 0.182 e. The first-order valence-electron chi connectivity index (χ1n) is 6.19. The summed E-state index contributed by atoms with van der Waals surface area (Å²) >= 11 is 0. The van der Waals surface area contributed by atoms with Gasteiger partial charge in [-0.15, -0.1) is 5.10 Å². The van der Waals surface area contributed by atoms with Crippen LogP contribution >= 0.6 is 0 Å². The second kappa shape index (κ2) is 5.30. The molecule has 1 unspecified atom stereocenters. The maximum atomic E-state index is 12.9. The fourth-order valence-electron chi connectivity index (χ4n) is 1.83. The fraction of sp³-hybridized carbons (Fsp3) is 0. The van der Waals surface area contributed by atoms with E-state index >= 15 is 0 Å². The van der Waals surface area contributed by atoms with Crippen LogP contribution in [0.3, 0.4) is 0 Å². The average molecular weight is 320 g/mol. The largest absolute Gasteiger partial charge is 0.230 e. The number of hydrogen-bond donors (Lipinski definition) is 1. The highest BCUT2D eigenvalue weighted by Crippen LogP contribution is 2.18. The molecule has 0 saturated heterocycles. The van der Waals surface area contributed by atoms with Gasteiger partial charge in [0.15, 0.2) is 15.7 Å². The molecule has 3 aromatic rings. The lowest BCUT2D eigenvalue weighted by Crippen LogP contribution is -2.12. The lowest BCUT2D eigenvalue weighted by atomic mass is 10.2. The third kappa shape index (κ3) is 2.60. The van der Waals surface area contributed by atoms with Crippen molar-refractivity contribution >= 4 is 9.92 Å². The molecule has 0 spiro atoms. The van der Waals surface area contributed by atoms with Crippen molar-refractivity contribution in [1.82, 2.24) is 14.2 Å². The SMILES string of the molecule is N=S(=O)(c1ccc(F)cc1)n1cnc(-c2ccc(F)cc2)n1. The highest BCUT2D eigenvalue weighted by molar-refractivity contribution is 7.90. The Kier molecular flexibility index (Phi) is 3.45. The average Bonchev–Trinajstić information content (AvgIpc) is 2.99. The number of hydrogen-bond acceptors (Lipinski definition) is 4. The van der Waals surface area contributed by atoms with Gasteiger partial charge < -0.3 is 0 Å². The van der Waals surface area contributed by atoms with Gasteiger partial charge in [-0.1, -0.05) is 0 Å². The molecule has 0 aliphatic heterocycles. The Morgan fingerprint density at radius 2 is 1.50 bits per heavy atom. The van der Waals surface area contributed by atoms with Crippen LogP contribution in [0.4, 0.5) is 8.78 Å². The molecule has 0 aliphatic carbocycles. The molecule has 0 bridgehead atoms. The van der Waals surface area contributed by atoms with Gasteiger partial charge in [-0.2, -0.15) is 4.09 Å². The van der Waals surface area contributed by atoms with Gasteiger partial charge in [0.05, 0.1) is 4.90 Å². The van der Waals surface area contributed by atoms with Crippen LogP contribution in [0.25, 0.3) is 11.4 Å². The Bertz CT molecular complexity index is 903. The first-order valence-corrected chi connectivity index (χ1v) is 7.71. The molecule has 1 heterocycles. The van der Waals surface area contributed by atoms with Crippen molar-refractivity contribution in [2.24, 2.45) is 0 Å². The summed E-state index contributed by atoms with van der Waals surface area (Å²) in [5, 5.41) is 4.01. The van der Waals surface area contributed by atoms with Gasteiger partial charge in [-0.3, -0.25) is 0 Å². The molecule has 3 rings (SSSR count). The van der Waals surface area contributed by atoms with Crippen LogP contribution in [0.1, 0.15) is 0 Å². The molecule has 0 saturated carbocycles. The van der Waals surface area contributed by atoms with Crippen LogP contribution in [-0.4, -0.2) is 18.4 Å². The molecule has 22 heavy (non-hydrogen) atoms. The molecule has 0 radical (unpaired) electrons. The summed E-state index contributed by atoms with van der Waals surface area (Å²) in [5.74, 6) is -0.648. The second-order valence-corrected chi connectivity index (χ2v) is 6.35. The van der Waals surface area contributed by atoms with Crippen molar-refractivity contribution in [1.29, 1.82) is 4.78 Å². The Hall–Kier alpha value is -2.61. The van der Waals surface area contributed by atoms with Crippen LogP contribution in [0.15, 0.2) is 59.8 Å². The number of aromatic nitrogens is 3. The second-order valence-electron chi connectivity index (χ2n) is 4.46. The van der Waals surface area contributed by atoms with E-state index in [0.717, 1.165) is 22.5 Å². The maximum Gasteiger partial charge on any atom is 0.182 e. The van der Waals surface area contributed by atoms with E-state index in [2.05, 4.69) is 10.1 Å². The standard InChI is InChI=1S/C14H10F2N4OS/c15-11-3-1-10(2-4-11)14-18-9-20(19-14)22(17,21)13-7-5-12(16)6-8-13/h1-9,17H. The number of benzene rings is 2. The summed E-state index contributed by atoms with van der Waals surface area (Å²) in [6, 6.07) is 10.3. The van der Waals surface area contributed by atoms with Gasteiger partial charge in [0, 0.05) is 5.56 Å². The summed E-state index contributed by atoms with van der Waals surface area (Å²) in [4.78, 5) is 4.10. The highest BCUT2D eigenvalue weighted by atomic mass is 32.2. The van der Waals surface area contributed by atoms with E-state index in [1.807, 2.05) is 0 Å². The van der Waals surface area contributed by atoms with Crippen molar-refractivity contribution in [3.8, 4) is 11.4 Å². The number of nitrogens with zero attached hydrogens (tertiary/aromatic N) is 3. The molecular formula is C14H10F2N4OS. The lowest BCUT2D eigenvalue weighted by Gasteiger charge is -2.06. The Morgan fingerprint density at radius 1 is 0.955 bits per heavy atom. The predicted octanol–water partition coefficient (Wildman–Crippen LogP) is 3.09. The lowest BCUT2D eigenvalue weighted by molar-refractivity contribution is 0.625. The minimum Gasteiger partial charge on any atom is -0.230 e. The van der Waals surface area contributed by atoms with E-state index < -0.39 is 21.5 Å². The molecule has 0 aliphatic rings. The molecule has 8 heteroatoms. The van der Waals surface area contributed by atoms with E-state index in [4.69, 9.17) is 4.78 Å². The Balaban J connectivity index is 1.99. The highest BCUT2D eigenvalue weighted by Gasteiger charge is 2.15. The molecule has 2 aromatic carbocycles. The number of nitrogens with one attached hydrogen (secondary N) is 1. The summed E-state index contributed by atoms with van der Waals surface area (Å²) < 4.78 is 47.3. The maximum absolute atomic E-state index is 12.9. The number of halogens is 2. The monoisotopic (exact) mass is 320 g/mol. The fourth-order valence-corrected chi connectivity index (χ4v) is 2.92. The van der Waals surface area contributed by atoms with Crippen LogP contribution in [0.5, 0.6) is 0 Å². The normalized spacial score (nSPS) is 13.7. The molecular weight excluding hydrogens is 310 g/mol. The molecule has 5 nitrogen and oxygen atoms in total. The summed E-state index contributed by atoms with van der Waals surface area (Å²) in [6.45, 7) is 0. The van der Waals surface area contributed by atoms with Crippen molar-refractivity contribution in [3.05, 3.63) is 66.5 Å². The van der Waals surface area contributed by atoms with Gasteiger partial charge in [0.25, 0.3) is 0 Å². The van der Waals surface area contributed by atoms with Gasteiger partial charge in [-0.25, -0.2) is 22.8 Å². The minimum atomic E-state index is -3.45. The first kappa shape index (κ1) is 14.3. The van der Waals surface area contributed by atoms with Crippen molar-refractivity contribution in [2.45, 2.75) is 4.90 Å². The summed E-state index contributed by atoms with van der Waals surface area (Å²) in [7, 11) is -3.45. The zero-order chi connectivity index (χ0) is 15.7. The molecule has 0 amide bonds. The molecule has 112 valence electrons. The summed E-state index contributed by atoms with van der Waals surface area (Å²) in [6.07, 6.45) is 1.16. The van der Waals surface area contributed by atoms with E-state index in [0.29, 0.717) is 5.56 Å². The molecule has 1 N–H and O–H groups in total. The molecule has 1 atom stereocenters. The van der Waals surface area contributed by atoms with Crippen molar-refractivity contribution in [3.63, 3.8) is 0 Å². The van der Waals surface area contributed by atoms with Crippen LogP contribution < -0.4 is 0 Å². The zero-order valence-electron chi connectivity index (χ0n) is 11.1. The van der Waals surface area contributed by atoms with Gasteiger partial charge in [0.2, 0.25) is 0 Å². The van der Waals surface area contributed by atoms with E-state index in [1.165, 1.54) is 36.4 Å². The van der Waals surface area contributed by atoms with Crippen LogP contribution in [-0.2, 0) is 9.92 Å². The van der Waals surface area contributed by atoms with Gasteiger partial charge in [-0.05, 0) is 48.5 Å². The van der Waals surface area contributed by atoms with E-state index in [9.17, 15) is 13.0 Å².